The Morgan fingerprint density at radius 3 is 3.06 bits per heavy atom. The zero-order chi connectivity index (χ0) is 21.1. The number of carbonyl (C=O) groups is 1. The second kappa shape index (κ2) is 7.05. The van der Waals surface area contributed by atoms with Crippen LogP contribution in [0.1, 0.15) is 30.0 Å². The van der Waals surface area contributed by atoms with Crippen molar-refractivity contribution in [2.75, 3.05) is 43.0 Å². The SMILES string of the molecule is CN1C(=O)CN2c3c(cccc31)[C@@H]1CN(CCCc3n[nH]c4cc(F)ccc34)CC[C@@H]12. The maximum absolute atomic E-state index is 13.4. The number of piperidine rings is 1. The summed E-state index contributed by atoms with van der Waals surface area (Å²) >= 11 is 0. The van der Waals surface area contributed by atoms with Gasteiger partial charge in [-0.25, -0.2) is 4.39 Å². The zero-order valence-electron chi connectivity index (χ0n) is 17.6. The summed E-state index contributed by atoms with van der Waals surface area (Å²) in [5, 5.41) is 8.36. The van der Waals surface area contributed by atoms with Crippen molar-refractivity contribution in [1.82, 2.24) is 15.1 Å². The van der Waals surface area contributed by atoms with Gasteiger partial charge < -0.3 is 14.7 Å². The Bertz CT molecular complexity index is 1170. The molecule has 3 aliphatic heterocycles. The van der Waals surface area contributed by atoms with Gasteiger partial charge in [0.25, 0.3) is 0 Å². The molecule has 0 unspecified atom stereocenters. The minimum atomic E-state index is -0.239. The number of amides is 1. The summed E-state index contributed by atoms with van der Waals surface area (Å²) in [5.74, 6) is 0.396. The number of halogens is 1. The van der Waals surface area contributed by atoms with E-state index in [9.17, 15) is 9.18 Å². The smallest absolute Gasteiger partial charge is 0.246 e. The molecule has 0 saturated carbocycles. The van der Waals surface area contributed by atoms with E-state index in [0.717, 1.165) is 61.2 Å². The number of anilines is 2. The molecule has 2 atom stereocenters. The average Bonchev–Trinajstić information content (AvgIpc) is 3.31. The molecule has 3 aliphatic rings. The van der Waals surface area contributed by atoms with Gasteiger partial charge in [0.2, 0.25) is 5.91 Å². The van der Waals surface area contributed by atoms with Crippen molar-refractivity contribution in [3.8, 4) is 0 Å². The number of hydrogen-bond acceptors (Lipinski definition) is 4. The molecule has 4 heterocycles. The van der Waals surface area contributed by atoms with Crippen molar-refractivity contribution in [3.05, 3.63) is 53.5 Å². The van der Waals surface area contributed by atoms with Gasteiger partial charge in [-0.1, -0.05) is 12.1 Å². The monoisotopic (exact) mass is 419 g/mol. The fraction of sp³-hybridized carbons (Fsp3) is 0.417. The highest BCUT2D eigenvalue weighted by Crippen LogP contribution is 2.50. The van der Waals surface area contributed by atoms with Gasteiger partial charge >= 0.3 is 0 Å². The first-order valence-electron chi connectivity index (χ1n) is 11.1. The molecule has 1 N–H and O–H groups in total. The molecule has 3 aromatic rings. The molecule has 0 aliphatic carbocycles. The summed E-state index contributed by atoms with van der Waals surface area (Å²) in [6.45, 7) is 3.60. The Morgan fingerprint density at radius 2 is 2.16 bits per heavy atom. The Hall–Kier alpha value is -2.93. The zero-order valence-corrected chi connectivity index (χ0v) is 17.6. The number of likely N-dealkylation sites (N-methyl/N-ethyl adjacent to an activating group) is 1. The second-order valence-corrected chi connectivity index (χ2v) is 9.02. The molecule has 1 aromatic heterocycles. The van der Waals surface area contributed by atoms with Crippen molar-refractivity contribution in [2.45, 2.75) is 31.2 Å². The molecule has 1 saturated heterocycles. The minimum absolute atomic E-state index is 0.179. The molecule has 31 heavy (non-hydrogen) atoms. The molecule has 6 rings (SSSR count). The highest BCUT2D eigenvalue weighted by atomic mass is 19.1. The quantitative estimate of drug-likeness (QED) is 0.705. The molecule has 1 amide bonds. The molecule has 7 heteroatoms. The highest BCUT2D eigenvalue weighted by Gasteiger charge is 2.46. The van der Waals surface area contributed by atoms with Crippen LogP contribution >= 0.6 is 0 Å². The first-order chi connectivity index (χ1) is 15.1. The maximum Gasteiger partial charge on any atom is 0.246 e. The number of carbonyl (C=O) groups excluding carboxylic acids is 1. The Morgan fingerprint density at radius 1 is 1.26 bits per heavy atom. The number of benzene rings is 2. The Labute approximate surface area is 180 Å². The van der Waals surface area contributed by atoms with Crippen LogP contribution in [-0.2, 0) is 11.2 Å². The molecule has 160 valence electrons. The molecule has 0 spiro atoms. The van der Waals surface area contributed by atoms with Gasteiger partial charge in [-0.3, -0.25) is 9.89 Å². The van der Waals surface area contributed by atoms with Gasteiger partial charge in [-0.2, -0.15) is 5.10 Å². The van der Waals surface area contributed by atoms with E-state index < -0.39 is 0 Å². The van der Waals surface area contributed by atoms with Crippen LogP contribution in [0.15, 0.2) is 36.4 Å². The largest absolute Gasteiger partial charge is 0.357 e. The van der Waals surface area contributed by atoms with Crippen LogP contribution in [0, 0.1) is 5.82 Å². The fourth-order valence-corrected chi connectivity index (χ4v) is 5.78. The summed E-state index contributed by atoms with van der Waals surface area (Å²) in [6.07, 6.45) is 2.98. The highest BCUT2D eigenvalue weighted by molar-refractivity contribution is 6.04. The number of aromatic amines is 1. The molecule has 0 radical (unpaired) electrons. The summed E-state index contributed by atoms with van der Waals surface area (Å²) < 4.78 is 13.4. The van der Waals surface area contributed by atoms with Crippen LogP contribution in [0.25, 0.3) is 10.9 Å². The van der Waals surface area contributed by atoms with Gasteiger partial charge in [-0.15, -0.1) is 0 Å². The van der Waals surface area contributed by atoms with E-state index in [4.69, 9.17) is 0 Å². The Balaban J connectivity index is 1.15. The first-order valence-corrected chi connectivity index (χ1v) is 11.1. The van der Waals surface area contributed by atoms with E-state index in [0.29, 0.717) is 18.5 Å². The van der Waals surface area contributed by atoms with E-state index in [2.05, 4.69) is 38.2 Å². The third kappa shape index (κ3) is 2.94. The van der Waals surface area contributed by atoms with Crippen LogP contribution in [0.2, 0.25) is 0 Å². The number of para-hydroxylation sites is 1. The minimum Gasteiger partial charge on any atom is -0.357 e. The number of nitrogens with one attached hydrogen (secondary N) is 1. The number of fused-ring (bicyclic) bond motifs is 4. The van der Waals surface area contributed by atoms with Gasteiger partial charge in [0.1, 0.15) is 5.82 Å². The summed E-state index contributed by atoms with van der Waals surface area (Å²) in [5.41, 5.74) is 5.50. The fourth-order valence-electron chi connectivity index (χ4n) is 5.78. The van der Waals surface area contributed by atoms with Crippen molar-refractivity contribution >= 4 is 28.2 Å². The number of aromatic nitrogens is 2. The number of rotatable bonds is 4. The molecular formula is C24H26FN5O. The lowest BCUT2D eigenvalue weighted by Crippen LogP contribution is -2.51. The molecule has 0 bridgehead atoms. The van der Waals surface area contributed by atoms with Gasteiger partial charge in [0.05, 0.1) is 29.1 Å². The predicted molar refractivity (Wildman–Crippen MR) is 119 cm³/mol. The van der Waals surface area contributed by atoms with Crippen molar-refractivity contribution in [3.63, 3.8) is 0 Å². The summed E-state index contributed by atoms with van der Waals surface area (Å²) in [7, 11) is 1.89. The number of hydrogen-bond donors (Lipinski definition) is 1. The van der Waals surface area contributed by atoms with Crippen molar-refractivity contribution < 1.29 is 9.18 Å². The number of H-pyrrole nitrogens is 1. The first kappa shape index (κ1) is 18.8. The topological polar surface area (TPSA) is 55.5 Å². The molecule has 2 aromatic carbocycles. The predicted octanol–water partition coefficient (Wildman–Crippen LogP) is 3.29. The summed E-state index contributed by atoms with van der Waals surface area (Å²) in [6, 6.07) is 11.7. The normalized spacial score (nSPS) is 22.8. The van der Waals surface area contributed by atoms with Gasteiger partial charge in [0, 0.05) is 37.5 Å². The average molecular weight is 420 g/mol. The maximum atomic E-state index is 13.4. The van der Waals surface area contributed by atoms with Crippen molar-refractivity contribution in [1.29, 1.82) is 0 Å². The number of aryl methyl sites for hydroxylation is 1. The van der Waals surface area contributed by atoms with E-state index in [-0.39, 0.29) is 11.7 Å². The van der Waals surface area contributed by atoms with Crippen LogP contribution in [0.5, 0.6) is 0 Å². The third-order valence-electron chi connectivity index (χ3n) is 7.33. The van der Waals surface area contributed by atoms with Crippen LogP contribution in [0.3, 0.4) is 0 Å². The number of likely N-dealkylation sites (tertiary alicyclic amines) is 1. The lowest BCUT2D eigenvalue weighted by molar-refractivity contribution is -0.117. The second-order valence-electron chi connectivity index (χ2n) is 9.02. The van der Waals surface area contributed by atoms with Gasteiger partial charge in [0.15, 0.2) is 0 Å². The van der Waals surface area contributed by atoms with Crippen LogP contribution in [0.4, 0.5) is 15.8 Å². The standard InChI is InChI=1S/C24H26FN5O/c1-28-22-6-2-4-16-18-13-29(11-9-21(18)30(24(16)22)14-23(28)31)10-3-5-19-17-8-7-15(25)12-20(17)27-26-19/h2,4,6-8,12,18,21H,3,5,9-11,13-14H2,1H3,(H,26,27)/t18-,21-/m0/s1. The van der Waals surface area contributed by atoms with E-state index in [1.165, 1.54) is 23.4 Å². The van der Waals surface area contributed by atoms with E-state index in [1.54, 1.807) is 0 Å². The van der Waals surface area contributed by atoms with E-state index in [1.807, 2.05) is 18.0 Å². The molecular weight excluding hydrogens is 393 g/mol. The lowest BCUT2D eigenvalue weighted by Gasteiger charge is -2.40. The third-order valence-corrected chi connectivity index (χ3v) is 7.33. The summed E-state index contributed by atoms with van der Waals surface area (Å²) in [4.78, 5) is 19.2. The van der Waals surface area contributed by atoms with Gasteiger partial charge in [-0.05, 0) is 55.6 Å². The molecule has 6 nitrogen and oxygen atoms in total. The van der Waals surface area contributed by atoms with Crippen LogP contribution in [-0.4, -0.2) is 60.3 Å². The lowest BCUT2D eigenvalue weighted by atomic mass is 9.89. The molecule has 1 fully saturated rings. The Kier molecular flexibility index (Phi) is 4.28. The number of nitrogens with zero attached hydrogens (tertiary/aromatic N) is 4. The van der Waals surface area contributed by atoms with Crippen LogP contribution < -0.4 is 9.80 Å². The van der Waals surface area contributed by atoms with E-state index >= 15 is 0 Å². The van der Waals surface area contributed by atoms with Crippen molar-refractivity contribution in [2.24, 2.45) is 0 Å².